The van der Waals surface area contributed by atoms with Crippen molar-refractivity contribution in [1.29, 1.82) is 5.26 Å². The zero-order chi connectivity index (χ0) is 14.3. The van der Waals surface area contributed by atoms with E-state index in [9.17, 15) is 4.79 Å². The zero-order valence-electron chi connectivity index (χ0n) is 12.2. The molecule has 0 aromatic carbocycles. The molecule has 1 atom stereocenters. The molecule has 0 fully saturated rings. The van der Waals surface area contributed by atoms with Crippen LogP contribution >= 0.6 is 0 Å². The quantitative estimate of drug-likeness (QED) is 0.757. The number of carbonyl (C=O) groups excluding carboxylic acids is 1. The van der Waals surface area contributed by atoms with E-state index in [1.165, 1.54) is 4.90 Å². The van der Waals surface area contributed by atoms with Crippen molar-refractivity contribution in [3.8, 4) is 6.07 Å². The molecule has 0 aliphatic rings. The largest absolute Gasteiger partial charge is 0.444 e. The van der Waals surface area contributed by atoms with Crippen LogP contribution in [0.4, 0.5) is 4.79 Å². The molecule has 104 valence electrons. The number of hydrogen-bond donors (Lipinski definition) is 0. The van der Waals surface area contributed by atoms with Gasteiger partial charge in [0, 0.05) is 13.7 Å². The van der Waals surface area contributed by atoms with Crippen LogP contribution < -0.4 is 0 Å². The summed E-state index contributed by atoms with van der Waals surface area (Å²) in [4.78, 5) is 13.0. The Labute approximate surface area is 110 Å². The second-order valence-corrected chi connectivity index (χ2v) is 5.67. The van der Waals surface area contributed by atoms with Crippen LogP contribution in [-0.2, 0) is 9.47 Å². The van der Waals surface area contributed by atoms with Gasteiger partial charge in [0.2, 0.25) is 0 Å². The minimum Gasteiger partial charge on any atom is -0.444 e. The Morgan fingerprint density at radius 1 is 1.33 bits per heavy atom. The lowest BCUT2D eigenvalue weighted by molar-refractivity contribution is 0.0137. The van der Waals surface area contributed by atoms with Crippen LogP contribution in [0, 0.1) is 17.2 Å². The second-order valence-electron chi connectivity index (χ2n) is 5.67. The van der Waals surface area contributed by atoms with Crippen molar-refractivity contribution in [2.75, 3.05) is 20.3 Å². The Morgan fingerprint density at radius 3 is 2.28 bits per heavy atom. The molecule has 0 aromatic heterocycles. The smallest absolute Gasteiger partial charge is 0.411 e. The molecule has 0 saturated carbocycles. The molecule has 1 unspecified atom stereocenters. The Morgan fingerprint density at radius 2 is 1.89 bits per heavy atom. The number of rotatable bonds is 5. The van der Waals surface area contributed by atoms with Crippen molar-refractivity contribution in [3.63, 3.8) is 0 Å². The molecule has 18 heavy (non-hydrogen) atoms. The lowest BCUT2D eigenvalue weighted by Gasteiger charge is -2.27. The lowest BCUT2D eigenvalue weighted by atomic mass is 10.2. The third-order valence-electron chi connectivity index (χ3n) is 2.02. The fourth-order valence-corrected chi connectivity index (χ4v) is 1.11. The number of hydrogen-bond acceptors (Lipinski definition) is 4. The normalized spacial score (nSPS) is 13.0. The molecule has 0 aliphatic heterocycles. The van der Waals surface area contributed by atoms with Crippen molar-refractivity contribution in [2.24, 2.45) is 5.92 Å². The number of nitrogens with zero attached hydrogens (tertiary/aromatic N) is 2. The summed E-state index contributed by atoms with van der Waals surface area (Å²) in [6, 6.07) is 1.42. The van der Waals surface area contributed by atoms with Crippen LogP contribution in [0.15, 0.2) is 0 Å². The first-order chi connectivity index (χ1) is 8.17. The zero-order valence-corrected chi connectivity index (χ0v) is 12.2. The van der Waals surface area contributed by atoms with Crippen molar-refractivity contribution in [2.45, 2.75) is 46.3 Å². The van der Waals surface area contributed by atoms with Gasteiger partial charge in [-0.25, -0.2) is 4.79 Å². The summed E-state index contributed by atoms with van der Waals surface area (Å²) in [5.74, 6) is 0.399. The van der Waals surface area contributed by atoms with Gasteiger partial charge in [-0.1, -0.05) is 13.8 Å². The van der Waals surface area contributed by atoms with Gasteiger partial charge in [0.15, 0.2) is 0 Å². The highest BCUT2D eigenvalue weighted by atomic mass is 16.6. The number of amides is 1. The van der Waals surface area contributed by atoms with Crippen LogP contribution in [0.25, 0.3) is 0 Å². The molecule has 0 rings (SSSR count). The van der Waals surface area contributed by atoms with E-state index < -0.39 is 17.7 Å². The van der Waals surface area contributed by atoms with Crippen LogP contribution in [0.3, 0.4) is 0 Å². The summed E-state index contributed by atoms with van der Waals surface area (Å²) in [7, 11) is 1.54. The highest BCUT2D eigenvalue weighted by Gasteiger charge is 2.25. The molecule has 0 aliphatic carbocycles. The van der Waals surface area contributed by atoms with Gasteiger partial charge in [0.1, 0.15) is 11.6 Å². The summed E-state index contributed by atoms with van der Waals surface area (Å²) in [6.45, 7) is 10.2. The standard InChI is InChI=1S/C13H24N2O3/c1-10(2)8-17-9-11(7-14)15(6)12(16)18-13(3,4)5/h10-11H,8-9H2,1-6H3. The third-order valence-corrected chi connectivity index (χ3v) is 2.02. The van der Waals surface area contributed by atoms with Gasteiger partial charge >= 0.3 is 6.09 Å². The third kappa shape index (κ3) is 7.13. The van der Waals surface area contributed by atoms with E-state index in [2.05, 4.69) is 0 Å². The maximum atomic E-state index is 11.8. The predicted molar refractivity (Wildman–Crippen MR) is 69.1 cm³/mol. The van der Waals surface area contributed by atoms with Crippen molar-refractivity contribution >= 4 is 6.09 Å². The predicted octanol–water partition coefficient (Wildman–Crippen LogP) is 2.42. The van der Waals surface area contributed by atoms with E-state index in [0.717, 1.165) is 0 Å². The molecule has 1 amide bonds. The Hall–Kier alpha value is -1.28. The van der Waals surface area contributed by atoms with E-state index in [1.807, 2.05) is 19.9 Å². The molecule has 0 bridgehead atoms. The average molecular weight is 256 g/mol. The average Bonchev–Trinajstić information content (AvgIpc) is 2.20. The van der Waals surface area contributed by atoms with E-state index in [-0.39, 0.29) is 6.61 Å². The van der Waals surface area contributed by atoms with E-state index in [0.29, 0.717) is 12.5 Å². The summed E-state index contributed by atoms with van der Waals surface area (Å²) in [5.41, 5.74) is -0.565. The fourth-order valence-electron chi connectivity index (χ4n) is 1.11. The Bertz CT molecular complexity index is 302. The summed E-state index contributed by atoms with van der Waals surface area (Å²) in [6.07, 6.45) is -0.512. The minimum absolute atomic E-state index is 0.199. The molecule has 0 radical (unpaired) electrons. The van der Waals surface area contributed by atoms with Crippen LogP contribution in [0.2, 0.25) is 0 Å². The van der Waals surface area contributed by atoms with Gasteiger partial charge in [-0.2, -0.15) is 5.26 Å². The van der Waals surface area contributed by atoms with Gasteiger partial charge in [-0.05, 0) is 26.7 Å². The maximum absolute atomic E-state index is 11.8. The molecule has 0 saturated heterocycles. The minimum atomic E-state index is -0.626. The first-order valence-electron chi connectivity index (χ1n) is 6.10. The molecule has 0 spiro atoms. The van der Waals surface area contributed by atoms with E-state index in [4.69, 9.17) is 14.7 Å². The van der Waals surface area contributed by atoms with Gasteiger partial charge in [-0.3, -0.25) is 4.90 Å². The van der Waals surface area contributed by atoms with Gasteiger partial charge in [0.05, 0.1) is 12.7 Å². The summed E-state index contributed by atoms with van der Waals surface area (Å²) >= 11 is 0. The Kier molecular flexibility index (Phi) is 6.71. The number of nitriles is 1. The number of carbonyl (C=O) groups is 1. The lowest BCUT2D eigenvalue weighted by Crippen LogP contribution is -2.42. The molecule has 0 N–H and O–H groups in total. The maximum Gasteiger partial charge on any atom is 0.411 e. The van der Waals surface area contributed by atoms with Gasteiger partial charge in [0.25, 0.3) is 0 Å². The number of ether oxygens (including phenoxy) is 2. The molecule has 5 heteroatoms. The first kappa shape index (κ1) is 16.7. The van der Waals surface area contributed by atoms with E-state index >= 15 is 0 Å². The van der Waals surface area contributed by atoms with E-state index in [1.54, 1.807) is 27.8 Å². The van der Waals surface area contributed by atoms with Crippen molar-refractivity contribution < 1.29 is 14.3 Å². The van der Waals surface area contributed by atoms with Crippen molar-refractivity contribution in [3.05, 3.63) is 0 Å². The molecule has 5 nitrogen and oxygen atoms in total. The molecule has 0 aromatic rings. The highest BCUT2D eigenvalue weighted by molar-refractivity contribution is 5.68. The summed E-state index contributed by atoms with van der Waals surface area (Å²) < 4.78 is 10.6. The highest BCUT2D eigenvalue weighted by Crippen LogP contribution is 2.11. The topological polar surface area (TPSA) is 62.6 Å². The number of likely N-dealkylation sites (N-methyl/N-ethyl adjacent to an activating group) is 1. The summed E-state index contributed by atoms with van der Waals surface area (Å²) in [5, 5.41) is 9.03. The van der Waals surface area contributed by atoms with Crippen molar-refractivity contribution in [1.82, 2.24) is 4.90 Å². The molecular formula is C13H24N2O3. The van der Waals surface area contributed by atoms with Crippen LogP contribution in [0.5, 0.6) is 0 Å². The Balaban J connectivity index is 4.30. The van der Waals surface area contributed by atoms with Crippen LogP contribution in [0.1, 0.15) is 34.6 Å². The monoisotopic (exact) mass is 256 g/mol. The molecule has 0 heterocycles. The van der Waals surface area contributed by atoms with Gasteiger partial charge < -0.3 is 9.47 Å². The van der Waals surface area contributed by atoms with Gasteiger partial charge in [-0.15, -0.1) is 0 Å². The fraction of sp³-hybridized carbons (Fsp3) is 0.846. The van der Waals surface area contributed by atoms with Crippen LogP contribution in [-0.4, -0.2) is 42.9 Å². The first-order valence-corrected chi connectivity index (χ1v) is 6.10. The SMILES string of the molecule is CC(C)COCC(C#N)N(C)C(=O)OC(C)(C)C. The molecular weight excluding hydrogens is 232 g/mol. The second kappa shape index (κ2) is 7.22.